The van der Waals surface area contributed by atoms with E-state index >= 15 is 0 Å². The lowest BCUT2D eigenvalue weighted by molar-refractivity contribution is 0.147. The zero-order valence-electron chi connectivity index (χ0n) is 6.79. The minimum atomic E-state index is -0.524. The first-order valence-corrected chi connectivity index (χ1v) is 5.34. The second-order valence-corrected chi connectivity index (χ2v) is 4.77. The first-order valence-electron chi connectivity index (χ1n) is 4.46. The van der Waals surface area contributed by atoms with E-state index in [1.807, 2.05) is 5.38 Å². The van der Waals surface area contributed by atoms with Crippen LogP contribution in [0.2, 0.25) is 0 Å². The molecule has 0 saturated heterocycles. The van der Waals surface area contributed by atoms with Gasteiger partial charge in [-0.25, -0.2) is 4.98 Å². The van der Waals surface area contributed by atoms with Gasteiger partial charge in [0.2, 0.25) is 0 Å². The molecule has 2 aliphatic rings. The van der Waals surface area contributed by atoms with Gasteiger partial charge in [-0.05, 0) is 25.7 Å². The third-order valence-electron chi connectivity index (χ3n) is 2.65. The molecule has 0 radical (unpaired) electrons. The van der Waals surface area contributed by atoms with Crippen LogP contribution in [0.5, 0.6) is 0 Å². The Hall–Kier alpha value is -0.410. The van der Waals surface area contributed by atoms with Gasteiger partial charge in [0.25, 0.3) is 0 Å². The monoisotopic (exact) mass is 181 g/mol. The normalized spacial score (nSPS) is 25.8. The zero-order valence-corrected chi connectivity index (χ0v) is 7.60. The summed E-state index contributed by atoms with van der Waals surface area (Å²) in [5.41, 5.74) is 0.401. The first kappa shape index (κ1) is 7.04. The molecule has 0 bridgehead atoms. The number of thiazole rings is 1. The Kier molecular flexibility index (Phi) is 1.23. The molecule has 2 saturated carbocycles. The van der Waals surface area contributed by atoms with Gasteiger partial charge in [-0.2, -0.15) is 0 Å². The van der Waals surface area contributed by atoms with Gasteiger partial charge in [0.1, 0.15) is 5.60 Å². The molecular formula is C9H11NOS. The Morgan fingerprint density at radius 1 is 1.50 bits per heavy atom. The maximum atomic E-state index is 9.76. The molecule has 3 heteroatoms. The third kappa shape index (κ3) is 1.00. The van der Waals surface area contributed by atoms with Gasteiger partial charge in [0, 0.05) is 11.3 Å². The highest BCUT2D eigenvalue weighted by molar-refractivity contribution is 7.09. The van der Waals surface area contributed by atoms with Gasteiger partial charge in [0.15, 0.2) is 0 Å². The lowest BCUT2D eigenvalue weighted by atomic mass is 10.2. The molecule has 2 fully saturated rings. The third-order valence-corrected chi connectivity index (χ3v) is 3.66. The molecule has 2 nitrogen and oxygen atoms in total. The lowest BCUT2D eigenvalue weighted by Crippen LogP contribution is -2.04. The van der Waals surface area contributed by atoms with Crippen LogP contribution in [0.25, 0.3) is 0 Å². The molecular weight excluding hydrogens is 170 g/mol. The highest BCUT2D eigenvalue weighted by Crippen LogP contribution is 2.48. The number of aliphatic hydroxyl groups is 1. The summed E-state index contributed by atoms with van der Waals surface area (Å²) in [6.07, 6.45) is 4.40. The van der Waals surface area contributed by atoms with Crippen LogP contribution in [0, 0.1) is 0 Å². The SMILES string of the molecule is OC1(c2csc(C3CC3)n2)CC1. The maximum Gasteiger partial charge on any atom is 0.108 e. The van der Waals surface area contributed by atoms with Gasteiger partial charge in [-0.15, -0.1) is 11.3 Å². The molecule has 2 aliphatic carbocycles. The summed E-state index contributed by atoms with van der Waals surface area (Å²) in [5.74, 6) is 0.728. The van der Waals surface area contributed by atoms with Crippen molar-refractivity contribution in [2.24, 2.45) is 0 Å². The molecule has 12 heavy (non-hydrogen) atoms. The first-order chi connectivity index (χ1) is 5.78. The van der Waals surface area contributed by atoms with Gasteiger partial charge in [-0.1, -0.05) is 0 Å². The number of aromatic nitrogens is 1. The topological polar surface area (TPSA) is 33.1 Å². The fourth-order valence-electron chi connectivity index (χ4n) is 1.39. The molecule has 0 amide bonds. The average molecular weight is 181 g/mol. The molecule has 64 valence electrons. The quantitative estimate of drug-likeness (QED) is 0.757. The van der Waals surface area contributed by atoms with Crippen LogP contribution in [-0.4, -0.2) is 10.1 Å². The van der Waals surface area contributed by atoms with E-state index in [1.165, 1.54) is 17.8 Å². The van der Waals surface area contributed by atoms with Crippen LogP contribution in [0.3, 0.4) is 0 Å². The molecule has 1 aromatic heterocycles. The van der Waals surface area contributed by atoms with Crippen molar-refractivity contribution in [2.45, 2.75) is 37.2 Å². The van der Waals surface area contributed by atoms with Crippen molar-refractivity contribution in [3.8, 4) is 0 Å². The number of hydrogen-bond donors (Lipinski definition) is 1. The van der Waals surface area contributed by atoms with E-state index in [9.17, 15) is 5.11 Å². The van der Waals surface area contributed by atoms with Crippen molar-refractivity contribution in [3.05, 3.63) is 16.1 Å². The van der Waals surface area contributed by atoms with Gasteiger partial charge in [0.05, 0.1) is 10.7 Å². The highest BCUT2D eigenvalue weighted by Gasteiger charge is 2.44. The molecule has 0 aromatic carbocycles. The molecule has 0 spiro atoms. The van der Waals surface area contributed by atoms with Crippen LogP contribution in [0.15, 0.2) is 5.38 Å². The Labute approximate surface area is 75.3 Å². The van der Waals surface area contributed by atoms with Gasteiger partial charge < -0.3 is 5.11 Å². The van der Waals surface area contributed by atoms with Crippen molar-refractivity contribution < 1.29 is 5.11 Å². The van der Waals surface area contributed by atoms with Crippen LogP contribution in [0.1, 0.15) is 42.3 Å². The van der Waals surface area contributed by atoms with Crippen molar-refractivity contribution in [1.29, 1.82) is 0 Å². The second-order valence-electron chi connectivity index (χ2n) is 3.88. The second kappa shape index (κ2) is 2.09. The molecule has 0 unspecified atom stereocenters. The minimum absolute atomic E-state index is 0.524. The van der Waals surface area contributed by atoms with Gasteiger partial charge >= 0.3 is 0 Å². The Bertz CT molecular complexity index is 312. The van der Waals surface area contributed by atoms with Gasteiger partial charge in [-0.3, -0.25) is 0 Å². The van der Waals surface area contributed by atoms with Crippen LogP contribution >= 0.6 is 11.3 Å². The van der Waals surface area contributed by atoms with Crippen molar-refractivity contribution in [1.82, 2.24) is 4.98 Å². The fourth-order valence-corrected chi connectivity index (χ4v) is 2.48. The predicted molar refractivity (Wildman–Crippen MR) is 47.2 cm³/mol. The molecule has 3 rings (SSSR count). The van der Waals surface area contributed by atoms with Crippen LogP contribution in [-0.2, 0) is 5.60 Å². The summed E-state index contributed by atoms with van der Waals surface area (Å²) in [4.78, 5) is 4.47. The van der Waals surface area contributed by atoms with E-state index in [0.717, 1.165) is 24.5 Å². The van der Waals surface area contributed by atoms with Crippen LogP contribution < -0.4 is 0 Å². The average Bonchev–Trinajstić information content (AvgIpc) is 2.97. The van der Waals surface area contributed by atoms with Crippen LogP contribution in [0.4, 0.5) is 0 Å². The van der Waals surface area contributed by atoms with E-state index in [0.29, 0.717) is 0 Å². The van der Waals surface area contributed by atoms with E-state index in [2.05, 4.69) is 4.98 Å². The van der Waals surface area contributed by atoms with E-state index in [-0.39, 0.29) is 0 Å². The van der Waals surface area contributed by atoms with E-state index < -0.39 is 5.60 Å². The number of nitrogens with zero attached hydrogens (tertiary/aromatic N) is 1. The Morgan fingerprint density at radius 2 is 2.25 bits per heavy atom. The molecule has 1 aromatic rings. The zero-order chi connectivity index (χ0) is 8.18. The molecule has 1 N–H and O–H groups in total. The maximum absolute atomic E-state index is 9.76. The fraction of sp³-hybridized carbons (Fsp3) is 0.667. The van der Waals surface area contributed by atoms with Crippen molar-refractivity contribution in [2.75, 3.05) is 0 Å². The van der Waals surface area contributed by atoms with E-state index in [1.54, 1.807) is 11.3 Å². The molecule has 0 atom stereocenters. The van der Waals surface area contributed by atoms with E-state index in [4.69, 9.17) is 0 Å². The smallest absolute Gasteiger partial charge is 0.108 e. The summed E-state index contributed by atoms with van der Waals surface area (Å²) in [6, 6.07) is 0. The summed E-state index contributed by atoms with van der Waals surface area (Å²) in [7, 11) is 0. The van der Waals surface area contributed by atoms with Crippen molar-refractivity contribution >= 4 is 11.3 Å². The molecule has 0 aliphatic heterocycles. The lowest BCUT2D eigenvalue weighted by Gasteiger charge is -2.00. The summed E-state index contributed by atoms with van der Waals surface area (Å²) < 4.78 is 0. The number of hydrogen-bond acceptors (Lipinski definition) is 3. The summed E-state index contributed by atoms with van der Waals surface area (Å²) >= 11 is 1.72. The highest BCUT2D eigenvalue weighted by atomic mass is 32.1. The van der Waals surface area contributed by atoms with Crippen molar-refractivity contribution in [3.63, 3.8) is 0 Å². The Balaban J connectivity index is 1.91. The number of rotatable bonds is 2. The summed E-state index contributed by atoms with van der Waals surface area (Å²) in [5, 5.41) is 13.0. The predicted octanol–water partition coefficient (Wildman–Crippen LogP) is 2.00. The minimum Gasteiger partial charge on any atom is -0.384 e. The molecule has 1 heterocycles. The largest absolute Gasteiger partial charge is 0.384 e. The Morgan fingerprint density at radius 3 is 2.83 bits per heavy atom. The standard InChI is InChI=1S/C9H11NOS/c11-9(3-4-9)7-5-12-8(10-7)6-1-2-6/h5-6,11H,1-4H2. The summed E-state index contributed by atoms with van der Waals surface area (Å²) in [6.45, 7) is 0.